The van der Waals surface area contributed by atoms with Crippen LogP contribution in [0.25, 0.3) is 0 Å². The van der Waals surface area contributed by atoms with Gasteiger partial charge >= 0.3 is 0 Å². The van der Waals surface area contributed by atoms with Crippen molar-refractivity contribution in [1.82, 2.24) is 4.98 Å². The van der Waals surface area contributed by atoms with Gasteiger partial charge in [-0.25, -0.2) is 4.98 Å². The molecule has 0 saturated carbocycles. The Labute approximate surface area is 101 Å². The normalized spacial score (nSPS) is 10.5. The van der Waals surface area contributed by atoms with Gasteiger partial charge in [0.15, 0.2) is 0 Å². The minimum Gasteiger partial charge on any atom is -0.464 e. The van der Waals surface area contributed by atoms with Crippen molar-refractivity contribution in [2.24, 2.45) is 5.73 Å². The summed E-state index contributed by atoms with van der Waals surface area (Å²) in [7, 11) is 1.99. The number of furan rings is 1. The van der Waals surface area contributed by atoms with E-state index in [0.717, 1.165) is 22.9 Å². The zero-order chi connectivity index (χ0) is 12.3. The Kier molecular flexibility index (Phi) is 3.44. The molecule has 0 aliphatic heterocycles. The average Bonchev–Trinajstić information content (AvgIpc) is 2.75. The standard InChI is InChI=1S/C13H17N3O/c1-10-3-4-12(17-10)9-16(2)13-7-11(8-14)5-6-15-13/h3-7H,8-9,14H2,1-2H3. The van der Waals surface area contributed by atoms with E-state index in [1.165, 1.54) is 0 Å². The lowest BCUT2D eigenvalue weighted by Gasteiger charge is -2.17. The summed E-state index contributed by atoms with van der Waals surface area (Å²) in [5, 5.41) is 0. The molecule has 2 aromatic rings. The first-order valence-electron chi connectivity index (χ1n) is 5.60. The Morgan fingerprint density at radius 3 is 2.82 bits per heavy atom. The molecule has 0 radical (unpaired) electrons. The van der Waals surface area contributed by atoms with Crippen LogP contribution in [0.3, 0.4) is 0 Å². The summed E-state index contributed by atoms with van der Waals surface area (Å²) in [5.41, 5.74) is 6.69. The third kappa shape index (κ3) is 2.85. The van der Waals surface area contributed by atoms with E-state index in [9.17, 15) is 0 Å². The Bertz CT molecular complexity index is 493. The molecule has 0 aliphatic carbocycles. The molecule has 2 aromatic heterocycles. The second-order valence-electron chi connectivity index (χ2n) is 4.09. The van der Waals surface area contributed by atoms with Gasteiger partial charge < -0.3 is 15.1 Å². The second kappa shape index (κ2) is 5.01. The first-order valence-corrected chi connectivity index (χ1v) is 5.60. The van der Waals surface area contributed by atoms with Crippen molar-refractivity contribution < 1.29 is 4.42 Å². The maximum Gasteiger partial charge on any atom is 0.128 e. The number of nitrogens with zero attached hydrogens (tertiary/aromatic N) is 2. The molecule has 2 heterocycles. The summed E-state index contributed by atoms with van der Waals surface area (Å²) in [4.78, 5) is 6.36. The fourth-order valence-electron chi connectivity index (χ4n) is 1.68. The molecule has 90 valence electrons. The number of rotatable bonds is 4. The molecule has 2 rings (SSSR count). The third-order valence-electron chi connectivity index (χ3n) is 2.63. The van der Waals surface area contributed by atoms with Gasteiger partial charge in [0.25, 0.3) is 0 Å². The quantitative estimate of drug-likeness (QED) is 0.875. The van der Waals surface area contributed by atoms with Gasteiger partial charge in [-0.15, -0.1) is 0 Å². The predicted molar refractivity (Wildman–Crippen MR) is 67.7 cm³/mol. The maximum absolute atomic E-state index is 5.61. The number of pyridine rings is 1. The van der Waals surface area contributed by atoms with Gasteiger partial charge in [-0.2, -0.15) is 0 Å². The SMILES string of the molecule is Cc1ccc(CN(C)c2cc(CN)ccn2)o1. The molecule has 0 saturated heterocycles. The van der Waals surface area contributed by atoms with Gasteiger partial charge in [-0.05, 0) is 36.8 Å². The molecule has 2 N–H and O–H groups in total. The molecule has 4 heteroatoms. The van der Waals surface area contributed by atoms with Crippen LogP contribution in [0.2, 0.25) is 0 Å². The fourth-order valence-corrected chi connectivity index (χ4v) is 1.68. The number of anilines is 1. The second-order valence-corrected chi connectivity index (χ2v) is 4.09. The van der Waals surface area contributed by atoms with Crippen molar-refractivity contribution in [1.29, 1.82) is 0 Å². The van der Waals surface area contributed by atoms with E-state index in [1.54, 1.807) is 6.20 Å². The Balaban J connectivity index is 2.11. The monoisotopic (exact) mass is 231 g/mol. The maximum atomic E-state index is 5.61. The largest absolute Gasteiger partial charge is 0.464 e. The lowest BCUT2D eigenvalue weighted by Crippen LogP contribution is -2.17. The van der Waals surface area contributed by atoms with Gasteiger partial charge in [0.05, 0.1) is 6.54 Å². The average molecular weight is 231 g/mol. The molecular weight excluding hydrogens is 214 g/mol. The molecule has 0 spiro atoms. The van der Waals surface area contributed by atoms with Gasteiger partial charge in [-0.1, -0.05) is 0 Å². The van der Waals surface area contributed by atoms with Crippen LogP contribution in [0, 0.1) is 6.92 Å². The van der Waals surface area contributed by atoms with Gasteiger partial charge in [0, 0.05) is 19.8 Å². The molecule has 0 bridgehead atoms. The number of aryl methyl sites for hydroxylation is 1. The molecule has 0 unspecified atom stereocenters. The van der Waals surface area contributed by atoms with Gasteiger partial charge in [0.2, 0.25) is 0 Å². The first-order chi connectivity index (χ1) is 8.19. The molecular formula is C13H17N3O. The number of nitrogens with two attached hydrogens (primary N) is 1. The highest BCUT2D eigenvalue weighted by molar-refractivity contribution is 5.40. The van der Waals surface area contributed by atoms with E-state index in [-0.39, 0.29) is 0 Å². The topological polar surface area (TPSA) is 55.3 Å². The van der Waals surface area contributed by atoms with Gasteiger partial charge in [0.1, 0.15) is 17.3 Å². The van der Waals surface area contributed by atoms with Gasteiger partial charge in [-0.3, -0.25) is 0 Å². The number of hydrogen-bond acceptors (Lipinski definition) is 4. The zero-order valence-corrected chi connectivity index (χ0v) is 10.2. The van der Waals surface area contributed by atoms with Crippen LogP contribution in [0.5, 0.6) is 0 Å². The summed E-state index contributed by atoms with van der Waals surface area (Å²) in [5.74, 6) is 2.77. The summed E-state index contributed by atoms with van der Waals surface area (Å²) in [6, 6.07) is 7.87. The molecule has 0 fully saturated rings. The van der Waals surface area contributed by atoms with Crippen LogP contribution >= 0.6 is 0 Å². The van der Waals surface area contributed by atoms with Crippen LogP contribution in [-0.4, -0.2) is 12.0 Å². The fraction of sp³-hybridized carbons (Fsp3) is 0.308. The van der Waals surface area contributed by atoms with E-state index in [2.05, 4.69) is 4.98 Å². The zero-order valence-electron chi connectivity index (χ0n) is 10.2. The van der Waals surface area contributed by atoms with E-state index in [4.69, 9.17) is 10.2 Å². The molecule has 0 aromatic carbocycles. The highest BCUT2D eigenvalue weighted by atomic mass is 16.3. The van der Waals surface area contributed by atoms with Crippen LogP contribution in [0.1, 0.15) is 17.1 Å². The summed E-state index contributed by atoms with van der Waals surface area (Å²) in [6.07, 6.45) is 1.78. The molecule has 0 amide bonds. The molecule has 4 nitrogen and oxygen atoms in total. The molecule has 0 aliphatic rings. The first kappa shape index (κ1) is 11.7. The van der Waals surface area contributed by atoms with Crippen molar-refractivity contribution in [2.45, 2.75) is 20.0 Å². The van der Waals surface area contributed by atoms with E-state index >= 15 is 0 Å². The van der Waals surface area contributed by atoms with Crippen molar-refractivity contribution in [3.05, 3.63) is 47.5 Å². The Morgan fingerprint density at radius 2 is 2.18 bits per heavy atom. The summed E-state index contributed by atoms with van der Waals surface area (Å²) >= 11 is 0. The van der Waals surface area contributed by atoms with Crippen LogP contribution < -0.4 is 10.6 Å². The minimum atomic E-state index is 0.531. The molecule has 17 heavy (non-hydrogen) atoms. The Hall–Kier alpha value is -1.81. The van der Waals surface area contributed by atoms with Crippen LogP contribution in [0.4, 0.5) is 5.82 Å². The lowest BCUT2D eigenvalue weighted by atomic mass is 10.2. The number of aromatic nitrogens is 1. The van der Waals surface area contributed by atoms with E-state index in [0.29, 0.717) is 13.1 Å². The van der Waals surface area contributed by atoms with Crippen molar-refractivity contribution in [3.63, 3.8) is 0 Å². The van der Waals surface area contributed by atoms with E-state index < -0.39 is 0 Å². The minimum absolute atomic E-state index is 0.531. The smallest absolute Gasteiger partial charge is 0.128 e. The van der Waals surface area contributed by atoms with Crippen LogP contribution in [-0.2, 0) is 13.1 Å². The third-order valence-corrected chi connectivity index (χ3v) is 2.63. The summed E-state index contributed by atoms with van der Waals surface area (Å²) < 4.78 is 5.54. The lowest BCUT2D eigenvalue weighted by molar-refractivity contribution is 0.481. The van der Waals surface area contributed by atoms with Crippen LogP contribution in [0.15, 0.2) is 34.9 Å². The molecule has 0 atom stereocenters. The predicted octanol–water partition coefficient (Wildman–Crippen LogP) is 2.08. The number of hydrogen-bond donors (Lipinski definition) is 1. The van der Waals surface area contributed by atoms with E-state index in [1.807, 2.05) is 43.1 Å². The van der Waals surface area contributed by atoms with Crippen molar-refractivity contribution in [3.8, 4) is 0 Å². The highest BCUT2D eigenvalue weighted by Gasteiger charge is 2.06. The summed E-state index contributed by atoms with van der Waals surface area (Å²) in [6.45, 7) is 3.18. The highest BCUT2D eigenvalue weighted by Crippen LogP contribution is 2.15. The van der Waals surface area contributed by atoms with Crippen molar-refractivity contribution in [2.75, 3.05) is 11.9 Å². The Morgan fingerprint density at radius 1 is 1.35 bits per heavy atom. The van der Waals surface area contributed by atoms with Crippen molar-refractivity contribution >= 4 is 5.82 Å².